The first-order chi connectivity index (χ1) is 7.40. The van der Waals surface area contributed by atoms with Crippen LogP contribution in [-0.2, 0) is 6.42 Å². The molecule has 1 unspecified atom stereocenters. The van der Waals surface area contributed by atoms with Gasteiger partial charge in [-0.1, -0.05) is 30.3 Å². The molecule has 0 fully saturated rings. The maximum absolute atomic E-state index is 5.98. The van der Waals surface area contributed by atoms with Crippen molar-refractivity contribution >= 4 is 11.6 Å². The molecule has 0 radical (unpaired) electrons. The van der Waals surface area contributed by atoms with Gasteiger partial charge in [0.2, 0.25) is 0 Å². The normalized spacial score (nSPS) is 12.6. The fraction of sp³-hybridized carbons (Fsp3) is 0.231. The molecule has 1 aromatic heterocycles. The molecule has 0 spiro atoms. The Labute approximate surface area is 94.7 Å². The van der Waals surface area contributed by atoms with E-state index >= 15 is 0 Å². The summed E-state index contributed by atoms with van der Waals surface area (Å²) in [6.07, 6.45) is 2.56. The van der Waals surface area contributed by atoms with E-state index in [1.807, 2.05) is 30.3 Å². The number of hydrogen-bond acceptors (Lipinski definition) is 1. The molecule has 0 aliphatic rings. The van der Waals surface area contributed by atoms with Gasteiger partial charge in [0, 0.05) is 18.2 Å². The van der Waals surface area contributed by atoms with Crippen molar-refractivity contribution in [1.29, 1.82) is 0 Å². The molecular formula is C13H13ClO. The van der Waals surface area contributed by atoms with Crippen molar-refractivity contribution in [3.05, 3.63) is 60.1 Å². The van der Waals surface area contributed by atoms with E-state index in [2.05, 4.69) is 12.1 Å². The third-order valence-electron chi connectivity index (χ3n) is 2.48. The fourth-order valence-corrected chi connectivity index (χ4v) is 1.95. The molecule has 0 N–H and O–H groups in total. The van der Waals surface area contributed by atoms with E-state index in [1.54, 1.807) is 6.26 Å². The third kappa shape index (κ3) is 2.63. The highest BCUT2D eigenvalue weighted by molar-refractivity contribution is 6.18. The average Bonchev–Trinajstić information content (AvgIpc) is 2.80. The van der Waals surface area contributed by atoms with Gasteiger partial charge in [0.25, 0.3) is 0 Å². The number of alkyl halides is 1. The molecule has 2 heteroatoms. The Kier molecular flexibility index (Phi) is 3.46. The molecule has 0 bridgehead atoms. The molecule has 78 valence electrons. The zero-order valence-electron chi connectivity index (χ0n) is 8.40. The van der Waals surface area contributed by atoms with Crippen LogP contribution in [0.3, 0.4) is 0 Å². The van der Waals surface area contributed by atoms with E-state index in [9.17, 15) is 0 Å². The highest BCUT2D eigenvalue weighted by Crippen LogP contribution is 2.22. The van der Waals surface area contributed by atoms with E-state index in [-0.39, 0.29) is 0 Å². The molecule has 0 amide bonds. The van der Waals surface area contributed by atoms with Gasteiger partial charge in [-0.15, -0.1) is 11.6 Å². The molecule has 1 nitrogen and oxygen atoms in total. The Balaban J connectivity index is 2.12. The highest BCUT2D eigenvalue weighted by atomic mass is 35.5. The fourth-order valence-electron chi connectivity index (χ4n) is 1.66. The van der Waals surface area contributed by atoms with Crippen molar-refractivity contribution in [3.8, 4) is 0 Å². The molecule has 0 saturated carbocycles. The zero-order valence-corrected chi connectivity index (χ0v) is 9.15. The number of halogens is 1. The van der Waals surface area contributed by atoms with Crippen molar-refractivity contribution in [3.63, 3.8) is 0 Å². The van der Waals surface area contributed by atoms with Crippen molar-refractivity contribution in [2.24, 2.45) is 0 Å². The van der Waals surface area contributed by atoms with Crippen LogP contribution < -0.4 is 0 Å². The second-order valence-electron chi connectivity index (χ2n) is 3.55. The van der Waals surface area contributed by atoms with Crippen LogP contribution in [0, 0.1) is 0 Å². The van der Waals surface area contributed by atoms with Gasteiger partial charge in [-0.05, 0) is 17.7 Å². The van der Waals surface area contributed by atoms with Crippen molar-refractivity contribution in [2.45, 2.75) is 12.3 Å². The van der Waals surface area contributed by atoms with Crippen molar-refractivity contribution < 1.29 is 4.42 Å². The van der Waals surface area contributed by atoms with Crippen LogP contribution >= 0.6 is 11.6 Å². The quantitative estimate of drug-likeness (QED) is 0.714. The second kappa shape index (κ2) is 5.04. The van der Waals surface area contributed by atoms with Crippen LogP contribution in [-0.4, -0.2) is 5.88 Å². The van der Waals surface area contributed by atoms with Crippen LogP contribution in [0.1, 0.15) is 17.2 Å². The van der Waals surface area contributed by atoms with E-state index in [4.69, 9.17) is 16.0 Å². The maximum Gasteiger partial charge on any atom is 0.104 e. The molecule has 1 heterocycles. The number of furan rings is 1. The van der Waals surface area contributed by atoms with Gasteiger partial charge in [0.15, 0.2) is 0 Å². The second-order valence-corrected chi connectivity index (χ2v) is 3.85. The minimum atomic E-state index is 0.332. The van der Waals surface area contributed by atoms with Crippen LogP contribution in [0.25, 0.3) is 0 Å². The van der Waals surface area contributed by atoms with Gasteiger partial charge in [0.05, 0.1) is 6.26 Å². The lowest BCUT2D eigenvalue weighted by molar-refractivity contribution is 0.494. The van der Waals surface area contributed by atoms with Crippen LogP contribution in [0.4, 0.5) is 0 Å². The lowest BCUT2D eigenvalue weighted by Gasteiger charge is -2.12. The summed E-state index contributed by atoms with van der Waals surface area (Å²) < 4.78 is 5.33. The van der Waals surface area contributed by atoms with E-state index in [0.29, 0.717) is 11.8 Å². The minimum Gasteiger partial charge on any atom is -0.469 e. The molecule has 1 aromatic carbocycles. The van der Waals surface area contributed by atoms with Gasteiger partial charge in [-0.3, -0.25) is 0 Å². The summed E-state index contributed by atoms with van der Waals surface area (Å²) in [7, 11) is 0. The van der Waals surface area contributed by atoms with Crippen LogP contribution in [0.2, 0.25) is 0 Å². The number of benzene rings is 1. The molecule has 15 heavy (non-hydrogen) atoms. The Morgan fingerprint density at radius 3 is 2.47 bits per heavy atom. The largest absolute Gasteiger partial charge is 0.469 e. The van der Waals surface area contributed by atoms with E-state index in [1.165, 1.54) is 5.56 Å². The monoisotopic (exact) mass is 220 g/mol. The maximum atomic E-state index is 5.98. The van der Waals surface area contributed by atoms with Crippen molar-refractivity contribution in [2.75, 3.05) is 5.88 Å². The summed E-state index contributed by atoms with van der Waals surface area (Å²) in [4.78, 5) is 0. The topological polar surface area (TPSA) is 13.1 Å². The Morgan fingerprint density at radius 2 is 1.87 bits per heavy atom. The van der Waals surface area contributed by atoms with Gasteiger partial charge >= 0.3 is 0 Å². The zero-order chi connectivity index (χ0) is 10.5. The predicted octanol–water partition coefficient (Wildman–Crippen LogP) is 3.84. The van der Waals surface area contributed by atoms with Gasteiger partial charge < -0.3 is 4.42 Å². The molecule has 2 rings (SSSR count). The SMILES string of the molecule is ClCC(Cc1ccco1)c1ccccc1. The lowest BCUT2D eigenvalue weighted by Crippen LogP contribution is -2.03. The highest BCUT2D eigenvalue weighted by Gasteiger charge is 2.12. The van der Waals surface area contributed by atoms with Crippen LogP contribution in [0.15, 0.2) is 53.1 Å². The summed E-state index contributed by atoms with van der Waals surface area (Å²) in [5, 5.41) is 0. The average molecular weight is 221 g/mol. The van der Waals surface area contributed by atoms with E-state index in [0.717, 1.165) is 12.2 Å². The number of rotatable bonds is 4. The van der Waals surface area contributed by atoms with E-state index < -0.39 is 0 Å². The standard InChI is InChI=1S/C13H13ClO/c14-10-12(9-13-7-4-8-15-13)11-5-2-1-3-6-11/h1-8,12H,9-10H2. The summed E-state index contributed by atoms with van der Waals surface area (Å²) in [5.41, 5.74) is 1.27. The first kappa shape index (κ1) is 10.3. The van der Waals surface area contributed by atoms with Gasteiger partial charge in [-0.2, -0.15) is 0 Å². The first-order valence-electron chi connectivity index (χ1n) is 5.03. The van der Waals surface area contributed by atoms with Gasteiger partial charge in [-0.25, -0.2) is 0 Å². The summed E-state index contributed by atoms with van der Waals surface area (Å²) in [5.74, 6) is 1.94. The first-order valence-corrected chi connectivity index (χ1v) is 5.57. The minimum absolute atomic E-state index is 0.332. The predicted molar refractivity (Wildman–Crippen MR) is 62.3 cm³/mol. The molecule has 0 aliphatic carbocycles. The summed E-state index contributed by atoms with van der Waals surface area (Å²) in [6, 6.07) is 14.2. The lowest BCUT2D eigenvalue weighted by atomic mass is 9.97. The molecule has 2 aromatic rings. The summed E-state index contributed by atoms with van der Waals surface area (Å²) >= 11 is 5.98. The molecule has 0 saturated heterocycles. The number of hydrogen-bond donors (Lipinski definition) is 0. The summed E-state index contributed by atoms with van der Waals surface area (Å²) in [6.45, 7) is 0. The Hall–Kier alpha value is -1.21. The van der Waals surface area contributed by atoms with Gasteiger partial charge in [0.1, 0.15) is 5.76 Å². The van der Waals surface area contributed by atoms with Crippen molar-refractivity contribution in [1.82, 2.24) is 0 Å². The third-order valence-corrected chi connectivity index (χ3v) is 2.86. The molecular weight excluding hydrogens is 208 g/mol. The Bertz CT molecular complexity index is 380. The molecule has 0 aliphatic heterocycles. The Morgan fingerprint density at radius 1 is 1.07 bits per heavy atom. The van der Waals surface area contributed by atoms with Crippen LogP contribution in [0.5, 0.6) is 0 Å². The smallest absolute Gasteiger partial charge is 0.104 e. The molecule has 1 atom stereocenters.